The SMILES string of the molecule is CCN(CC)c1ccc2c(c1)Oc1ccc(N(c3ccc(F)cc3)c3ccc(F)cc3)cc1C2c1ccccc1C(=O)OC. The van der Waals surface area contributed by atoms with Gasteiger partial charge in [0.1, 0.15) is 23.1 Å². The van der Waals surface area contributed by atoms with E-state index in [0.717, 1.165) is 41.2 Å². The molecule has 1 heterocycles. The first-order valence-electron chi connectivity index (χ1n) is 14.6. The summed E-state index contributed by atoms with van der Waals surface area (Å²) in [7, 11) is 1.38. The Hall–Kier alpha value is -5.17. The summed E-state index contributed by atoms with van der Waals surface area (Å²) in [5.41, 5.74) is 6.21. The molecule has 0 aromatic heterocycles. The van der Waals surface area contributed by atoms with Crippen molar-refractivity contribution in [3.63, 3.8) is 0 Å². The number of halogens is 2. The summed E-state index contributed by atoms with van der Waals surface area (Å²) in [6, 6.07) is 31.8. The van der Waals surface area contributed by atoms with Crippen LogP contribution in [0.1, 0.15) is 46.8 Å². The van der Waals surface area contributed by atoms with Gasteiger partial charge < -0.3 is 19.3 Å². The van der Waals surface area contributed by atoms with E-state index in [2.05, 4.69) is 36.9 Å². The molecule has 0 fully saturated rings. The number of nitrogens with zero attached hydrogens (tertiary/aromatic N) is 2. The smallest absolute Gasteiger partial charge is 0.338 e. The third kappa shape index (κ3) is 5.37. The number of anilines is 4. The van der Waals surface area contributed by atoms with Gasteiger partial charge in [0, 0.05) is 59.0 Å². The van der Waals surface area contributed by atoms with E-state index in [9.17, 15) is 13.6 Å². The lowest BCUT2D eigenvalue weighted by atomic mass is 9.80. The van der Waals surface area contributed by atoms with Crippen LogP contribution in [0.2, 0.25) is 0 Å². The molecule has 5 aromatic rings. The predicted molar refractivity (Wildman–Crippen MR) is 170 cm³/mol. The summed E-state index contributed by atoms with van der Waals surface area (Å²) < 4.78 is 39.6. The topological polar surface area (TPSA) is 42.0 Å². The standard InChI is InChI=1S/C37H32F2N2O3/c1-4-40(5-2)28-18-20-32-35(23-28)44-34-21-19-29(22-33(34)36(32)30-8-6-7-9-31(30)37(42)43-3)41(26-14-10-24(38)11-15-26)27-16-12-25(39)13-17-27/h6-23,36H,4-5H2,1-3H3. The van der Waals surface area contributed by atoms with Gasteiger partial charge in [0.05, 0.1) is 12.7 Å². The number of fused-ring (bicyclic) bond motifs is 2. The summed E-state index contributed by atoms with van der Waals surface area (Å²) in [6.07, 6.45) is 0. The highest BCUT2D eigenvalue weighted by Crippen LogP contribution is 2.51. The number of hydrogen-bond acceptors (Lipinski definition) is 5. The molecular weight excluding hydrogens is 558 g/mol. The Labute approximate surface area is 255 Å². The minimum absolute atomic E-state index is 0.355. The second-order valence-electron chi connectivity index (χ2n) is 10.5. The van der Waals surface area contributed by atoms with E-state index >= 15 is 0 Å². The van der Waals surface area contributed by atoms with Crippen molar-refractivity contribution in [1.29, 1.82) is 0 Å². The monoisotopic (exact) mass is 590 g/mol. The van der Waals surface area contributed by atoms with E-state index in [4.69, 9.17) is 9.47 Å². The average Bonchev–Trinajstić information content (AvgIpc) is 3.05. The number of methoxy groups -OCH3 is 1. The molecule has 0 saturated heterocycles. The first-order valence-corrected chi connectivity index (χ1v) is 14.6. The maximum atomic E-state index is 13.9. The Kier molecular flexibility index (Phi) is 8.03. The number of rotatable bonds is 8. The molecule has 6 rings (SSSR count). The highest BCUT2D eigenvalue weighted by Gasteiger charge is 2.33. The quantitative estimate of drug-likeness (QED) is 0.165. The van der Waals surface area contributed by atoms with Crippen LogP contribution in [0.4, 0.5) is 31.5 Å². The van der Waals surface area contributed by atoms with Crippen LogP contribution in [0.3, 0.4) is 0 Å². The van der Waals surface area contributed by atoms with E-state index < -0.39 is 5.97 Å². The fraction of sp³-hybridized carbons (Fsp3) is 0.162. The first kappa shape index (κ1) is 28.9. The van der Waals surface area contributed by atoms with Crippen molar-refractivity contribution >= 4 is 28.7 Å². The van der Waals surface area contributed by atoms with Crippen molar-refractivity contribution in [1.82, 2.24) is 0 Å². The summed E-state index contributed by atoms with van der Waals surface area (Å²) in [6.45, 7) is 5.94. The number of hydrogen-bond donors (Lipinski definition) is 0. The Bertz CT molecular complexity index is 1760. The normalized spacial score (nSPS) is 13.3. The maximum Gasteiger partial charge on any atom is 0.338 e. The van der Waals surface area contributed by atoms with Crippen LogP contribution in [-0.4, -0.2) is 26.2 Å². The van der Waals surface area contributed by atoms with Crippen LogP contribution in [0, 0.1) is 11.6 Å². The van der Waals surface area contributed by atoms with Crippen LogP contribution < -0.4 is 14.5 Å². The van der Waals surface area contributed by atoms with Crippen LogP contribution in [0.15, 0.2) is 109 Å². The lowest BCUT2D eigenvalue weighted by molar-refractivity contribution is 0.0599. The number of esters is 1. The van der Waals surface area contributed by atoms with E-state index in [1.807, 2.05) is 41.3 Å². The van der Waals surface area contributed by atoms with Crippen molar-refractivity contribution < 1.29 is 23.0 Å². The molecule has 1 unspecified atom stereocenters. The van der Waals surface area contributed by atoms with Crippen molar-refractivity contribution in [2.75, 3.05) is 30.0 Å². The maximum absolute atomic E-state index is 13.9. The Morgan fingerprint density at radius 2 is 1.27 bits per heavy atom. The predicted octanol–water partition coefficient (Wildman–Crippen LogP) is 9.35. The molecule has 0 saturated carbocycles. The van der Waals surface area contributed by atoms with E-state index in [1.165, 1.54) is 31.4 Å². The number of ether oxygens (including phenoxy) is 2. The lowest BCUT2D eigenvalue weighted by Crippen LogP contribution is -2.22. The van der Waals surface area contributed by atoms with Crippen LogP contribution in [0.25, 0.3) is 0 Å². The second kappa shape index (κ2) is 12.2. The van der Waals surface area contributed by atoms with Crippen LogP contribution in [0.5, 0.6) is 11.5 Å². The molecule has 222 valence electrons. The minimum Gasteiger partial charge on any atom is -0.465 e. The molecule has 0 aliphatic carbocycles. The van der Waals surface area contributed by atoms with Gasteiger partial charge in [-0.25, -0.2) is 13.6 Å². The van der Waals surface area contributed by atoms with Gasteiger partial charge in [0.25, 0.3) is 0 Å². The number of carbonyl (C=O) groups is 1. The third-order valence-electron chi connectivity index (χ3n) is 8.07. The molecule has 1 aliphatic heterocycles. The van der Waals surface area contributed by atoms with Crippen molar-refractivity contribution in [3.05, 3.63) is 143 Å². The first-order chi connectivity index (χ1) is 21.4. The fourth-order valence-corrected chi connectivity index (χ4v) is 5.92. The molecule has 0 bridgehead atoms. The molecule has 7 heteroatoms. The van der Waals surface area contributed by atoms with E-state index in [-0.39, 0.29) is 17.6 Å². The lowest BCUT2D eigenvalue weighted by Gasteiger charge is -2.33. The second-order valence-corrected chi connectivity index (χ2v) is 10.5. The minimum atomic E-state index is -0.426. The zero-order valence-electron chi connectivity index (χ0n) is 24.8. The van der Waals surface area contributed by atoms with Crippen molar-refractivity contribution in [2.24, 2.45) is 0 Å². The molecule has 5 nitrogen and oxygen atoms in total. The molecular formula is C37H32F2N2O3. The van der Waals surface area contributed by atoms with Gasteiger partial charge in [-0.2, -0.15) is 0 Å². The third-order valence-corrected chi connectivity index (χ3v) is 8.07. The van der Waals surface area contributed by atoms with E-state index in [1.54, 1.807) is 30.3 Å². The Morgan fingerprint density at radius 1 is 0.682 bits per heavy atom. The highest BCUT2D eigenvalue weighted by atomic mass is 19.1. The zero-order valence-corrected chi connectivity index (χ0v) is 24.8. The van der Waals surface area contributed by atoms with Gasteiger partial charge in [-0.3, -0.25) is 0 Å². The Balaban J connectivity index is 1.56. The van der Waals surface area contributed by atoms with Crippen LogP contribution in [-0.2, 0) is 4.74 Å². The van der Waals surface area contributed by atoms with Gasteiger partial charge in [-0.15, -0.1) is 0 Å². The fourth-order valence-electron chi connectivity index (χ4n) is 5.92. The molecule has 44 heavy (non-hydrogen) atoms. The van der Waals surface area contributed by atoms with Gasteiger partial charge in [0.2, 0.25) is 0 Å². The van der Waals surface area contributed by atoms with Crippen LogP contribution >= 0.6 is 0 Å². The van der Waals surface area contributed by atoms with Gasteiger partial charge in [-0.1, -0.05) is 24.3 Å². The average molecular weight is 591 g/mol. The molecule has 5 aromatic carbocycles. The molecule has 0 spiro atoms. The molecule has 0 amide bonds. The summed E-state index contributed by atoms with van der Waals surface area (Å²) in [5, 5.41) is 0. The largest absolute Gasteiger partial charge is 0.465 e. The van der Waals surface area contributed by atoms with Gasteiger partial charge >= 0.3 is 5.97 Å². The summed E-state index contributed by atoms with van der Waals surface area (Å²) >= 11 is 0. The summed E-state index contributed by atoms with van der Waals surface area (Å²) in [5.74, 6) is -0.129. The van der Waals surface area contributed by atoms with Gasteiger partial charge in [-0.05, 0) is 98.3 Å². The van der Waals surface area contributed by atoms with Crippen molar-refractivity contribution in [2.45, 2.75) is 19.8 Å². The Morgan fingerprint density at radius 3 is 1.89 bits per heavy atom. The summed E-state index contributed by atoms with van der Waals surface area (Å²) in [4.78, 5) is 17.2. The van der Waals surface area contributed by atoms with Crippen molar-refractivity contribution in [3.8, 4) is 11.5 Å². The highest BCUT2D eigenvalue weighted by molar-refractivity contribution is 5.92. The zero-order chi connectivity index (χ0) is 30.8. The molecule has 0 radical (unpaired) electrons. The molecule has 1 aliphatic rings. The molecule has 1 atom stereocenters. The number of carbonyl (C=O) groups excluding carboxylic acids is 1. The molecule has 0 N–H and O–H groups in total. The van der Waals surface area contributed by atoms with E-state index in [0.29, 0.717) is 28.4 Å². The van der Waals surface area contributed by atoms with Gasteiger partial charge in [0.15, 0.2) is 0 Å². The number of benzene rings is 5.